The normalized spacial score (nSPS) is 19.9. The fourth-order valence-corrected chi connectivity index (χ4v) is 4.29. The van der Waals surface area contributed by atoms with Crippen LogP contribution in [0.2, 0.25) is 0 Å². The van der Waals surface area contributed by atoms with Gasteiger partial charge in [-0.3, -0.25) is 25.0 Å². The van der Waals surface area contributed by atoms with Gasteiger partial charge in [0.15, 0.2) is 5.78 Å². The number of hydrogen-bond acceptors (Lipinski definition) is 6. The number of nitrogens with one attached hydrogen (secondary N) is 1. The lowest BCUT2D eigenvalue weighted by molar-refractivity contribution is -0.385. The van der Waals surface area contributed by atoms with E-state index in [1.807, 2.05) is 19.9 Å². The highest BCUT2D eigenvalue weighted by Gasteiger charge is 2.38. The summed E-state index contributed by atoms with van der Waals surface area (Å²) in [5, 5.41) is 25.6. The largest absolute Gasteiger partial charge is 0.358 e. The van der Waals surface area contributed by atoms with E-state index in [0.717, 1.165) is 17.0 Å². The number of ketones is 1. The first-order chi connectivity index (χ1) is 14.6. The summed E-state index contributed by atoms with van der Waals surface area (Å²) < 4.78 is 0. The Morgan fingerprint density at radius 3 is 2.29 bits per heavy atom. The quantitative estimate of drug-likeness (QED) is 0.558. The lowest BCUT2D eigenvalue weighted by atomic mass is 9.70. The van der Waals surface area contributed by atoms with Crippen molar-refractivity contribution < 1.29 is 14.6 Å². The first-order valence-corrected chi connectivity index (χ1v) is 9.89. The third-order valence-electron chi connectivity index (χ3n) is 5.68. The summed E-state index contributed by atoms with van der Waals surface area (Å²) >= 11 is 0. The average molecular weight is 419 g/mol. The molecule has 8 heteroatoms. The Labute approximate surface area is 178 Å². The SMILES string of the molecule is CC1(C)CC(=O)C2=C(C1)NC(c1ccc([N+](=O)[O-])cc1)=CC2c1cccc([N+](=O)[O-])c1. The van der Waals surface area contributed by atoms with Gasteiger partial charge in [0.05, 0.1) is 9.85 Å². The smallest absolute Gasteiger partial charge is 0.269 e. The van der Waals surface area contributed by atoms with Crippen molar-refractivity contribution in [2.45, 2.75) is 32.6 Å². The van der Waals surface area contributed by atoms with Crippen molar-refractivity contribution in [3.63, 3.8) is 0 Å². The van der Waals surface area contributed by atoms with E-state index in [9.17, 15) is 25.0 Å². The Bertz CT molecular complexity index is 1160. The number of allylic oxidation sites excluding steroid dienone is 3. The molecule has 2 aliphatic rings. The molecule has 0 amide bonds. The van der Waals surface area contributed by atoms with Gasteiger partial charge < -0.3 is 5.32 Å². The number of rotatable bonds is 4. The minimum absolute atomic E-state index is 0.00993. The van der Waals surface area contributed by atoms with Crippen LogP contribution in [-0.2, 0) is 4.79 Å². The fourth-order valence-electron chi connectivity index (χ4n) is 4.29. The van der Waals surface area contributed by atoms with E-state index in [2.05, 4.69) is 5.32 Å². The summed E-state index contributed by atoms with van der Waals surface area (Å²) in [6.45, 7) is 4.06. The Hall–Kier alpha value is -3.81. The maximum atomic E-state index is 13.1. The van der Waals surface area contributed by atoms with E-state index in [1.54, 1.807) is 24.3 Å². The van der Waals surface area contributed by atoms with Crippen molar-refractivity contribution in [1.82, 2.24) is 5.32 Å². The standard InChI is InChI=1S/C23H21N3O5/c1-23(2)12-20-22(21(27)13-23)18(15-4-3-5-17(10-15)26(30)31)11-19(24-20)14-6-8-16(9-7-14)25(28)29/h3-11,18,24H,12-13H2,1-2H3. The Morgan fingerprint density at radius 2 is 1.65 bits per heavy atom. The summed E-state index contributed by atoms with van der Waals surface area (Å²) in [5.41, 5.74) is 3.29. The monoisotopic (exact) mass is 419 g/mol. The predicted molar refractivity (Wildman–Crippen MR) is 115 cm³/mol. The molecule has 2 aromatic rings. The molecule has 31 heavy (non-hydrogen) atoms. The van der Waals surface area contributed by atoms with E-state index in [1.165, 1.54) is 24.3 Å². The van der Waals surface area contributed by atoms with Crippen LogP contribution in [0.15, 0.2) is 65.9 Å². The van der Waals surface area contributed by atoms with Crippen LogP contribution in [0.1, 0.15) is 43.7 Å². The number of Topliss-reactive ketones (excluding diaryl/α,β-unsaturated/α-hetero) is 1. The number of nitro groups is 2. The molecule has 0 saturated heterocycles. The molecule has 1 N–H and O–H groups in total. The van der Waals surface area contributed by atoms with E-state index in [4.69, 9.17) is 0 Å². The molecule has 0 bridgehead atoms. The highest BCUT2D eigenvalue weighted by Crippen LogP contribution is 2.45. The minimum atomic E-state index is -0.457. The Balaban J connectivity index is 1.83. The van der Waals surface area contributed by atoms with Gasteiger partial charge >= 0.3 is 0 Å². The van der Waals surface area contributed by atoms with E-state index in [0.29, 0.717) is 24.0 Å². The molecule has 0 radical (unpaired) electrons. The van der Waals surface area contributed by atoms with Crippen LogP contribution >= 0.6 is 0 Å². The molecular weight excluding hydrogens is 398 g/mol. The molecule has 2 aromatic carbocycles. The third kappa shape index (κ3) is 3.96. The highest BCUT2D eigenvalue weighted by molar-refractivity contribution is 6.00. The van der Waals surface area contributed by atoms with Crippen molar-refractivity contribution in [3.05, 3.63) is 97.2 Å². The molecule has 4 rings (SSSR count). The van der Waals surface area contributed by atoms with Gasteiger partial charge in [-0.2, -0.15) is 0 Å². The third-order valence-corrected chi connectivity index (χ3v) is 5.68. The second-order valence-corrected chi connectivity index (χ2v) is 8.67. The number of nitrogens with zero attached hydrogens (tertiary/aromatic N) is 2. The number of benzene rings is 2. The summed E-state index contributed by atoms with van der Waals surface area (Å²) in [5.74, 6) is -0.417. The molecule has 1 unspecified atom stereocenters. The van der Waals surface area contributed by atoms with Gasteiger partial charge in [0.1, 0.15) is 0 Å². The van der Waals surface area contributed by atoms with E-state index in [-0.39, 0.29) is 22.6 Å². The molecule has 158 valence electrons. The van der Waals surface area contributed by atoms with Crippen molar-refractivity contribution in [1.29, 1.82) is 0 Å². The molecule has 0 saturated carbocycles. The first kappa shape index (κ1) is 20.5. The van der Waals surface area contributed by atoms with E-state index >= 15 is 0 Å². The van der Waals surface area contributed by atoms with Crippen molar-refractivity contribution in [3.8, 4) is 0 Å². The maximum Gasteiger partial charge on any atom is 0.269 e. The molecule has 1 atom stereocenters. The van der Waals surface area contributed by atoms with Gasteiger partial charge in [0.25, 0.3) is 11.4 Å². The number of nitro benzene ring substituents is 2. The van der Waals surface area contributed by atoms with Crippen LogP contribution < -0.4 is 5.32 Å². The van der Waals surface area contributed by atoms with Crippen LogP contribution in [-0.4, -0.2) is 15.6 Å². The van der Waals surface area contributed by atoms with Crippen LogP contribution in [0, 0.1) is 25.6 Å². The highest BCUT2D eigenvalue weighted by atomic mass is 16.6. The molecular formula is C23H21N3O5. The Morgan fingerprint density at radius 1 is 0.968 bits per heavy atom. The molecule has 0 spiro atoms. The van der Waals surface area contributed by atoms with Gasteiger partial charge in [-0.05, 0) is 41.2 Å². The van der Waals surface area contributed by atoms with Crippen molar-refractivity contribution in [2.24, 2.45) is 5.41 Å². The summed E-state index contributed by atoms with van der Waals surface area (Å²) in [4.78, 5) is 34.4. The van der Waals surface area contributed by atoms with Crippen molar-refractivity contribution >= 4 is 22.9 Å². The van der Waals surface area contributed by atoms with Crippen LogP contribution in [0.4, 0.5) is 11.4 Å². The first-order valence-electron chi connectivity index (χ1n) is 9.89. The molecule has 1 aliphatic carbocycles. The molecule has 1 aliphatic heterocycles. The zero-order chi connectivity index (χ0) is 22.3. The summed E-state index contributed by atoms with van der Waals surface area (Å²) in [6, 6.07) is 12.5. The lowest BCUT2D eigenvalue weighted by Crippen LogP contribution is -2.35. The number of non-ortho nitro benzene ring substituents is 2. The zero-order valence-electron chi connectivity index (χ0n) is 17.1. The number of hydrogen-bond donors (Lipinski definition) is 1. The number of dihydropyridines is 1. The van der Waals surface area contributed by atoms with E-state index < -0.39 is 15.8 Å². The van der Waals surface area contributed by atoms with Crippen molar-refractivity contribution in [2.75, 3.05) is 0 Å². The van der Waals surface area contributed by atoms with Gasteiger partial charge in [0.2, 0.25) is 0 Å². The van der Waals surface area contributed by atoms with Gasteiger partial charge in [0, 0.05) is 53.6 Å². The topological polar surface area (TPSA) is 115 Å². The number of carbonyl (C=O) groups is 1. The average Bonchev–Trinajstić information content (AvgIpc) is 2.72. The van der Waals surface area contributed by atoms with Crippen LogP contribution in [0.25, 0.3) is 5.70 Å². The lowest BCUT2D eigenvalue weighted by Gasteiger charge is -2.38. The zero-order valence-corrected chi connectivity index (χ0v) is 17.1. The van der Waals surface area contributed by atoms with Crippen LogP contribution in [0.5, 0.6) is 0 Å². The Kier molecular flexibility index (Phi) is 4.93. The molecule has 0 aromatic heterocycles. The molecule has 0 fully saturated rings. The minimum Gasteiger partial charge on any atom is -0.358 e. The van der Waals surface area contributed by atoms with Gasteiger partial charge in [-0.25, -0.2) is 0 Å². The molecule has 8 nitrogen and oxygen atoms in total. The maximum absolute atomic E-state index is 13.1. The fraction of sp³-hybridized carbons (Fsp3) is 0.261. The second kappa shape index (κ2) is 7.46. The summed E-state index contributed by atoms with van der Waals surface area (Å²) in [7, 11) is 0. The van der Waals surface area contributed by atoms with Crippen LogP contribution in [0.3, 0.4) is 0 Å². The van der Waals surface area contributed by atoms with Gasteiger partial charge in [-0.15, -0.1) is 0 Å². The molecule has 1 heterocycles. The van der Waals surface area contributed by atoms with Gasteiger partial charge in [-0.1, -0.05) is 26.0 Å². The summed E-state index contributed by atoms with van der Waals surface area (Å²) in [6.07, 6.45) is 2.93. The number of carbonyl (C=O) groups excluding carboxylic acids is 1. The second-order valence-electron chi connectivity index (χ2n) is 8.67. The predicted octanol–water partition coefficient (Wildman–Crippen LogP) is 4.87.